The van der Waals surface area contributed by atoms with Crippen LogP contribution in [0.4, 0.5) is 0 Å². The highest BCUT2D eigenvalue weighted by molar-refractivity contribution is 4.72. The van der Waals surface area contributed by atoms with E-state index in [4.69, 9.17) is 0 Å². The molecule has 2 N–H and O–H groups in total. The van der Waals surface area contributed by atoms with Gasteiger partial charge in [-0.15, -0.1) is 0 Å². The molecule has 1 fully saturated rings. The first kappa shape index (κ1) is 10.0. The van der Waals surface area contributed by atoms with Crippen LogP contribution in [0.15, 0.2) is 0 Å². The molecule has 0 spiro atoms. The first-order valence-corrected chi connectivity index (χ1v) is 5.24. The molecule has 1 atom stereocenters. The van der Waals surface area contributed by atoms with Crippen LogP contribution in [0.25, 0.3) is 0 Å². The highest BCUT2D eigenvalue weighted by Crippen LogP contribution is 2.17. The minimum atomic E-state index is -0.146. The van der Waals surface area contributed by atoms with Crippen LogP contribution in [0.3, 0.4) is 0 Å². The Morgan fingerprint density at radius 2 is 2.00 bits per heavy atom. The highest BCUT2D eigenvalue weighted by atomic mass is 16.3. The van der Waals surface area contributed by atoms with Crippen LogP contribution < -0.4 is 5.32 Å². The molecule has 0 saturated heterocycles. The zero-order valence-corrected chi connectivity index (χ0v) is 8.05. The second-order valence-corrected chi connectivity index (χ2v) is 3.81. The summed E-state index contributed by atoms with van der Waals surface area (Å²) in [6.45, 7) is 2.80. The second-order valence-electron chi connectivity index (χ2n) is 3.81. The topological polar surface area (TPSA) is 32.3 Å². The lowest BCUT2D eigenvalue weighted by molar-refractivity contribution is 0.159. The average molecular weight is 171 g/mol. The van der Waals surface area contributed by atoms with Crippen LogP contribution in [0.5, 0.6) is 0 Å². The van der Waals surface area contributed by atoms with Gasteiger partial charge in [0.1, 0.15) is 0 Å². The van der Waals surface area contributed by atoms with Gasteiger partial charge in [0.2, 0.25) is 0 Å². The summed E-state index contributed by atoms with van der Waals surface area (Å²) in [5.74, 6) is 0. The van der Waals surface area contributed by atoms with Crippen LogP contribution in [-0.2, 0) is 0 Å². The van der Waals surface area contributed by atoms with Gasteiger partial charge in [0.15, 0.2) is 0 Å². The van der Waals surface area contributed by atoms with Crippen LogP contribution in [0.1, 0.15) is 45.4 Å². The van der Waals surface area contributed by atoms with Gasteiger partial charge in [-0.2, -0.15) is 0 Å². The third-order valence-electron chi connectivity index (χ3n) is 2.72. The molecule has 0 radical (unpaired) electrons. The maximum absolute atomic E-state index is 9.33. The van der Waals surface area contributed by atoms with Crippen molar-refractivity contribution in [1.82, 2.24) is 5.32 Å². The fourth-order valence-electron chi connectivity index (χ4n) is 1.75. The molecule has 0 amide bonds. The Morgan fingerprint density at radius 3 is 2.58 bits per heavy atom. The van der Waals surface area contributed by atoms with Gasteiger partial charge in [-0.05, 0) is 19.3 Å². The largest absolute Gasteiger partial charge is 0.392 e. The van der Waals surface area contributed by atoms with Gasteiger partial charge in [0.05, 0.1) is 6.10 Å². The zero-order chi connectivity index (χ0) is 8.81. The predicted octanol–water partition coefficient (Wildman–Crippen LogP) is 1.68. The lowest BCUT2D eigenvalue weighted by Gasteiger charge is -2.23. The van der Waals surface area contributed by atoms with Gasteiger partial charge in [0, 0.05) is 12.6 Å². The zero-order valence-electron chi connectivity index (χ0n) is 8.05. The molecule has 0 unspecified atom stereocenters. The summed E-state index contributed by atoms with van der Waals surface area (Å²) >= 11 is 0. The van der Waals surface area contributed by atoms with Crippen molar-refractivity contribution in [2.75, 3.05) is 6.54 Å². The number of aliphatic hydroxyl groups excluding tert-OH is 1. The lowest BCUT2D eigenvalue weighted by Crippen LogP contribution is -2.36. The van der Waals surface area contributed by atoms with Gasteiger partial charge >= 0.3 is 0 Å². The molecule has 1 saturated carbocycles. The summed E-state index contributed by atoms with van der Waals surface area (Å²) in [5.41, 5.74) is 0. The van der Waals surface area contributed by atoms with Gasteiger partial charge in [-0.1, -0.05) is 26.2 Å². The fourth-order valence-corrected chi connectivity index (χ4v) is 1.75. The fraction of sp³-hybridized carbons (Fsp3) is 1.00. The molecule has 1 aliphatic rings. The third kappa shape index (κ3) is 3.55. The molecule has 72 valence electrons. The quantitative estimate of drug-likeness (QED) is 0.674. The SMILES string of the molecule is CC[C@H](O)CNC1CCCCC1. The smallest absolute Gasteiger partial charge is 0.0662 e. The van der Waals surface area contributed by atoms with E-state index in [1.54, 1.807) is 0 Å². The van der Waals surface area contributed by atoms with E-state index < -0.39 is 0 Å². The van der Waals surface area contributed by atoms with Gasteiger partial charge < -0.3 is 10.4 Å². The average Bonchev–Trinajstić information content (AvgIpc) is 2.16. The highest BCUT2D eigenvalue weighted by Gasteiger charge is 2.13. The summed E-state index contributed by atoms with van der Waals surface area (Å²) in [5, 5.41) is 12.7. The Bertz CT molecular complexity index is 110. The van der Waals surface area contributed by atoms with Crippen molar-refractivity contribution in [3.05, 3.63) is 0 Å². The van der Waals surface area contributed by atoms with Crippen molar-refractivity contribution >= 4 is 0 Å². The summed E-state index contributed by atoms with van der Waals surface area (Å²) < 4.78 is 0. The van der Waals surface area contributed by atoms with Crippen molar-refractivity contribution in [2.24, 2.45) is 0 Å². The van der Waals surface area contributed by atoms with Crippen LogP contribution >= 0.6 is 0 Å². The molecule has 2 nitrogen and oxygen atoms in total. The van der Waals surface area contributed by atoms with E-state index >= 15 is 0 Å². The van der Waals surface area contributed by atoms with Gasteiger partial charge in [-0.25, -0.2) is 0 Å². The summed E-state index contributed by atoms with van der Waals surface area (Å²) in [6, 6.07) is 0.681. The Balaban J connectivity index is 2.05. The number of nitrogens with one attached hydrogen (secondary N) is 1. The van der Waals surface area contributed by atoms with Crippen LogP contribution in [0, 0.1) is 0 Å². The lowest BCUT2D eigenvalue weighted by atomic mass is 9.95. The molecule has 0 heterocycles. The van der Waals surface area contributed by atoms with E-state index in [0.717, 1.165) is 13.0 Å². The monoisotopic (exact) mass is 171 g/mol. The maximum atomic E-state index is 9.33. The standard InChI is InChI=1S/C10H21NO/c1-2-10(12)8-11-9-6-4-3-5-7-9/h9-12H,2-8H2,1H3/t10-/m0/s1. The second kappa shape index (κ2) is 5.55. The minimum Gasteiger partial charge on any atom is -0.392 e. The number of aliphatic hydroxyl groups is 1. The molecule has 1 rings (SSSR count). The first-order valence-electron chi connectivity index (χ1n) is 5.24. The summed E-state index contributed by atoms with van der Waals surface area (Å²) in [6.07, 6.45) is 7.44. The summed E-state index contributed by atoms with van der Waals surface area (Å²) in [4.78, 5) is 0. The van der Waals surface area contributed by atoms with Crippen LogP contribution in [-0.4, -0.2) is 23.8 Å². The predicted molar refractivity (Wildman–Crippen MR) is 51.2 cm³/mol. The molecular formula is C10H21NO. The number of hydrogen-bond donors (Lipinski definition) is 2. The van der Waals surface area contributed by atoms with Crippen LogP contribution in [0.2, 0.25) is 0 Å². The van der Waals surface area contributed by atoms with Gasteiger partial charge in [0.25, 0.3) is 0 Å². The molecule has 0 aliphatic heterocycles. The Labute approximate surface area is 75.4 Å². The molecule has 0 aromatic heterocycles. The number of hydrogen-bond acceptors (Lipinski definition) is 2. The van der Waals surface area contributed by atoms with Crippen molar-refractivity contribution in [1.29, 1.82) is 0 Å². The Hall–Kier alpha value is -0.0800. The minimum absolute atomic E-state index is 0.146. The van der Waals surface area contributed by atoms with E-state index in [1.807, 2.05) is 6.92 Å². The molecule has 0 aromatic rings. The third-order valence-corrected chi connectivity index (χ3v) is 2.72. The number of rotatable bonds is 4. The Morgan fingerprint density at radius 1 is 1.33 bits per heavy atom. The van der Waals surface area contributed by atoms with Crippen molar-refractivity contribution in [3.8, 4) is 0 Å². The first-order chi connectivity index (χ1) is 5.83. The van der Waals surface area contributed by atoms with Crippen molar-refractivity contribution < 1.29 is 5.11 Å². The molecule has 0 aromatic carbocycles. The van der Waals surface area contributed by atoms with Crippen molar-refractivity contribution in [3.63, 3.8) is 0 Å². The molecule has 0 bridgehead atoms. The summed E-state index contributed by atoms with van der Waals surface area (Å²) in [7, 11) is 0. The van der Waals surface area contributed by atoms with Gasteiger partial charge in [-0.3, -0.25) is 0 Å². The van der Waals surface area contributed by atoms with E-state index in [0.29, 0.717) is 6.04 Å². The van der Waals surface area contributed by atoms with E-state index in [-0.39, 0.29) is 6.10 Å². The van der Waals surface area contributed by atoms with E-state index in [9.17, 15) is 5.11 Å². The molecule has 1 aliphatic carbocycles. The Kier molecular flexibility index (Phi) is 4.62. The van der Waals surface area contributed by atoms with E-state index in [2.05, 4.69) is 5.32 Å². The maximum Gasteiger partial charge on any atom is 0.0662 e. The normalized spacial score (nSPS) is 22.5. The molecule has 12 heavy (non-hydrogen) atoms. The molecule has 2 heteroatoms. The van der Waals surface area contributed by atoms with E-state index in [1.165, 1.54) is 32.1 Å². The molecular weight excluding hydrogens is 150 g/mol. The van der Waals surface area contributed by atoms with Crippen molar-refractivity contribution in [2.45, 2.75) is 57.6 Å².